The van der Waals surface area contributed by atoms with Crippen LogP contribution in [0.3, 0.4) is 0 Å². The molecular weight excluding hydrogens is 398 g/mol. The fraction of sp³-hybridized carbons (Fsp3) is 0.476. The van der Waals surface area contributed by atoms with Gasteiger partial charge in [0.05, 0.1) is 16.4 Å². The molecule has 0 radical (unpaired) electrons. The van der Waals surface area contributed by atoms with Gasteiger partial charge in [-0.25, -0.2) is 9.97 Å². The molecule has 0 saturated carbocycles. The zero-order valence-corrected chi connectivity index (χ0v) is 18.6. The zero-order chi connectivity index (χ0) is 21.3. The summed E-state index contributed by atoms with van der Waals surface area (Å²) >= 11 is 1.73. The largest absolute Gasteiger partial charge is 0.356 e. The number of hydrogen-bond acceptors (Lipinski definition) is 8. The average Bonchev–Trinajstić information content (AvgIpc) is 3.20. The normalized spacial score (nSPS) is 12.3. The van der Waals surface area contributed by atoms with Crippen molar-refractivity contribution in [2.24, 2.45) is 0 Å². The Bertz CT molecular complexity index is 971. The topological polar surface area (TPSA) is 99.7 Å². The molecule has 0 spiro atoms. The van der Waals surface area contributed by atoms with E-state index in [1.54, 1.807) is 23.7 Å². The molecule has 0 aliphatic heterocycles. The molecule has 0 amide bonds. The second-order valence-corrected chi connectivity index (χ2v) is 8.60. The predicted octanol–water partition coefficient (Wildman–Crippen LogP) is 2.51. The standard InChI is InChI=1S/C21H29N7OS/c1-15(18-7-5-10-24-27-18)12-16-13-23-21(26-20(16)29)22-9-4-6-17-14-30-19(25-17)8-11-28(2)3/h5,7,10,13-15H,4,6,8-9,11-12H2,1-3H3,(H2,22,23,26,29). The third-order valence-corrected chi connectivity index (χ3v) is 5.73. The van der Waals surface area contributed by atoms with Gasteiger partial charge in [-0.1, -0.05) is 6.92 Å². The van der Waals surface area contributed by atoms with Crippen molar-refractivity contribution in [3.05, 3.63) is 62.2 Å². The van der Waals surface area contributed by atoms with E-state index in [0.29, 0.717) is 17.9 Å². The maximum atomic E-state index is 12.4. The van der Waals surface area contributed by atoms with Gasteiger partial charge in [0, 0.05) is 48.8 Å². The van der Waals surface area contributed by atoms with E-state index in [9.17, 15) is 4.79 Å². The molecule has 3 rings (SSSR count). The van der Waals surface area contributed by atoms with Crippen LogP contribution in [0.2, 0.25) is 0 Å². The molecule has 30 heavy (non-hydrogen) atoms. The summed E-state index contributed by atoms with van der Waals surface area (Å²) in [6, 6.07) is 3.77. The first-order valence-electron chi connectivity index (χ1n) is 10.2. The van der Waals surface area contributed by atoms with Gasteiger partial charge in [0.25, 0.3) is 5.56 Å². The summed E-state index contributed by atoms with van der Waals surface area (Å²) in [5.74, 6) is 0.599. The molecule has 1 unspecified atom stereocenters. The SMILES string of the molecule is CC(Cc1cnc(NCCCc2csc(CCN(C)C)n2)[nH]c1=O)c1cccnn1. The van der Waals surface area contributed by atoms with Gasteiger partial charge in [-0.05, 0) is 45.5 Å². The van der Waals surface area contributed by atoms with Crippen LogP contribution in [0.15, 0.2) is 34.7 Å². The molecule has 8 nitrogen and oxygen atoms in total. The van der Waals surface area contributed by atoms with Gasteiger partial charge in [0.1, 0.15) is 0 Å². The van der Waals surface area contributed by atoms with E-state index in [1.165, 1.54) is 5.01 Å². The first-order valence-corrected chi connectivity index (χ1v) is 11.1. The Kier molecular flexibility index (Phi) is 8.04. The smallest absolute Gasteiger partial charge is 0.255 e. The number of nitrogens with one attached hydrogen (secondary N) is 2. The molecule has 1 atom stereocenters. The van der Waals surface area contributed by atoms with Gasteiger partial charge in [-0.2, -0.15) is 10.2 Å². The number of anilines is 1. The minimum absolute atomic E-state index is 0.0983. The third-order valence-electron chi connectivity index (χ3n) is 4.77. The third kappa shape index (κ3) is 6.70. The summed E-state index contributed by atoms with van der Waals surface area (Å²) in [6.45, 7) is 3.77. The van der Waals surface area contributed by atoms with Gasteiger partial charge in [0.2, 0.25) is 5.95 Å². The lowest BCUT2D eigenvalue weighted by atomic mass is 10.00. The molecule has 0 bridgehead atoms. The molecule has 0 aromatic carbocycles. The van der Waals surface area contributed by atoms with Crippen molar-refractivity contribution < 1.29 is 0 Å². The van der Waals surface area contributed by atoms with Crippen molar-refractivity contribution in [3.8, 4) is 0 Å². The molecule has 0 aliphatic rings. The van der Waals surface area contributed by atoms with E-state index < -0.39 is 0 Å². The van der Waals surface area contributed by atoms with Crippen molar-refractivity contribution in [1.29, 1.82) is 0 Å². The van der Waals surface area contributed by atoms with Crippen LogP contribution in [-0.4, -0.2) is 57.2 Å². The first kappa shape index (κ1) is 22.0. The minimum atomic E-state index is -0.117. The van der Waals surface area contributed by atoms with Gasteiger partial charge < -0.3 is 10.2 Å². The lowest BCUT2D eigenvalue weighted by Crippen LogP contribution is -2.19. The highest BCUT2D eigenvalue weighted by molar-refractivity contribution is 7.09. The number of thiazole rings is 1. The Hall–Kier alpha value is -2.65. The second kappa shape index (κ2) is 10.9. The number of hydrogen-bond donors (Lipinski definition) is 2. The summed E-state index contributed by atoms with van der Waals surface area (Å²) in [4.78, 5) is 26.4. The van der Waals surface area contributed by atoms with Crippen LogP contribution in [0.4, 0.5) is 5.95 Å². The molecule has 0 fully saturated rings. The highest BCUT2D eigenvalue weighted by Crippen LogP contribution is 2.16. The number of likely N-dealkylation sites (N-methyl/N-ethyl adjacent to an activating group) is 1. The lowest BCUT2D eigenvalue weighted by molar-refractivity contribution is 0.413. The maximum Gasteiger partial charge on any atom is 0.255 e. The highest BCUT2D eigenvalue weighted by atomic mass is 32.1. The quantitative estimate of drug-likeness (QED) is 0.454. The summed E-state index contributed by atoms with van der Waals surface area (Å²) in [5, 5.41) is 14.5. The van der Waals surface area contributed by atoms with Crippen molar-refractivity contribution >= 4 is 17.3 Å². The van der Waals surface area contributed by atoms with Gasteiger partial charge in [0.15, 0.2) is 0 Å². The Morgan fingerprint density at radius 2 is 2.17 bits per heavy atom. The Labute approximate surface area is 180 Å². The zero-order valence-electron chi connectivity index (χ0n) is 17.8. The van der Waals surface area contributed by atoms with E-state index in [4.69, 9.17) is 0 Å². The lowest BCUT2D eigenvalue weighted by Gasteiger charge is -2.10. The van der Waals surface area contributed by atoms with Gasteiger partial charge >= 0.3 is 0 Å². The van der Waals surface area contributed by atoms with Crippen LogP contribution in [-0.2, 0) is 19.3 Å². The number of aromatic amines is 1. The van der Waals surface area contributed by atoms with E-state index >= 15 is 0 Å². The Morgan fingerprint density at radius 3 is 2.90 bits per heavy atom. The number of aromatic nitrogens is 5. The first-order chi connectivity index (χ1) is 14.5. The van der Waals surface area contributed by atoms with E-state index in [2.05, 4.69) is 54.8 Å². The van der Waals surface area contributed by atoms with Gasteiger partial charge in [-0.3, -0.25) is 9.78 Å². The van der Waals surface area contributed by atoms with Crippen LogP contribution < -0.4 is 10.9 Å². The second-order valence-electron chi connectivity index (χ2n) is 7.66. The summed E-state index contributed by atoms with van der Waals surface area (Å²) in [5.41, 5.74) is 2.52. The van der Waals surface area contributed by atoms with Crippen LogP contribution in [0, 0.1) is 0 Å². The van der Waals surface area contributed by atoms with Crippen LogP contribution >= 0.6 is 11.3 Å². The Balaban J connectivity index is 1.44. The monoisotopic (exact) mass is 427 g/mol. The molecule has 160 valence electrons. The van der Waals surface area contributed by atoms with Crippen molar-refractivity contribution in [1.82, 2.24) is 30.0 Å². The number of rotatable bonds is 11. The molecule has 3 aromatic heterocycles. The van der Waals surface area contributed by atoms with E-state index in [0.717, 1.165) is 43.7 Å². The fourth-order valence-electron chi connectivity index (χ4n) is 3.04. The van der Waals surface area contributed by atoms with E-state index in [-0.39, 0.29) is 11.5 Å². The van der Waals surface area contributed by atoms with Crippen molar-refractivity contribution in [2.45, 2.75) is 38.5 Å². The number of aryl methyl sites for hydroxylation is 1. The molecule has 0 aliphatic carbocycles. The highest BCUT2D eigenvalue weighted by Gasteiger charge is 2.12. The minimum Gasteiger partial charge on any atom is -0.356 e. The van der Waals surface area contributed by atoms with Crippen LogP contribution in [0.25, 0.3) is 0 Å². The Morgan fingerprint density at radius 1 is 1.30 bits per heavy atom. The van der Waals surface area contributed by atoms with Crippen molar-refractivity contribution in [3.63, 3.8) is 0 Å². The summed E-state index contributed by atoms with van der Waals surface area (Å²) in [6.07, 6.45) is 6.68. The summed E-state index contributed by atoms with van der Waals surface area (Å²) < 4.78 is 0. The van der Waals surface area contributed by atoms with Gasteiger partial charge in [-0.15, -0.1) is 11.3 Å². The molecular formula is C21H29N7OS. The molecule has 0 saturated heterocycles. The van der Waals surface area contributed by atoms with Crippen LogP contribution in [0.5, 0.6) is 0 Å². The maximum absolute atomic E-state index is 12.4. The molecule has 3 heterocycles. The molecule has 2 N–H and O–H groups in total. The van der Waals surface area contributed by atoms with Crippen LogP contribution in [0.1, 0.15) is 41.2 Å². The molecule has 9 heteroatoms. The number of nitrogens with zero attached hydrogens (tertiary/aromatic N) is 5. The van der Waals surface area contributed by atoms with E-state index in [1.807, 2.05) is 19.1 Å². The fourth-order valence-corrected chi connectivity index (χ4v) is 3.86. The number of H-pyrrole nitrogens is 1. The molecule has 3 aromatic rings. The predicted molar refractivity (Wildman–Crippen MR) is 120 cm³/mol. The average molecular weight is 428 g/mol. The summed E-state index contributed by atoms with van der Waals surface area (Å²) in [7, 11) is 4.15. The van der Waals surface area contributed by atoms with Crippen molar-refractivity contribution in [2.75, 3.05) is 32.5 Å².